The number of piperidine rings is 1. The summed E-state index contributed by atoms with van der Waals surface area (Å²) in [6.45, 7) is 3.15. The number of hydrogen-bond donors (Lipinski definition) is 1. The van der Waals surface area contributed by atoms with Gasteiger partial charge in [-0.2, -0.15) is 5.10 Å². The Hall–Kier alpha value is -2.34. The number of aryl methyl sites for hydroxylation is 1. The Morgan fingerprint density at radius 1 is 1.40 bits per heavy atom. The second-order valence-corrected chi connectivity index (χ2v) is 6.82. The van der Waals surface area contributed by atoms with Gasteiger partial charge in [0.25, 0.3) is 5.91 Å². The normalized spacial score (nSPS) is 17.5. The smallest absolute Gasteiger partial charge is 0.308 e. The van der Waals surface area contributed by atoms with Gasteiger partial charge in [-0.05, 0) is 37.5 Å². The maximum absolute atomic E-state index is 12.8. The zero-order chi connectivity index (χ0) is 18.0. The number of carbonyl (C=O) groups is 2. The van der Waals surface area contributed by atoms with Crippen LogP contribution in [0.2, 0.25) is 5.02 Å². The maximum Gasteiger partial charge on any atom is 0.308 e. The van der Waals surface area contributed by atoms with E-state index in [1.807, 2.05) is 24.3 Å². The molecule has 1 aliphatic rings. The van der Waals surface area contributed by atoms with Gasteiger partial charge in [0.15, 0.2) is 0 Å². The molecule has 0 unspecified atom stereocenters. The zero-order valence-corrected chi connectivity index (χ0v) is 14.7. The molecule has 0 radical (unpaired) electrons. The van der Waals surface area contributed by atoms with Crippen LogP contribution in [-0.2, 0) is 11.3 Å². The highest BCUT2D eigenvalue weighted by Crippen LogP contribution is 2.20. The topological polar surface area (TPSA) is 75.4 Å². The molecule has 3 rings (SSSR count). The lowest BCUT2D eigenvalue weighted by molar-refractivity contribution is -0.143. The van der Waals surface area contributed by atoms with Crippen LogP contribution in [0, 0.1) is 12.8 Å². The number of aliphatic carboxylic acids is 1. The molecule has 1 aromatic heterocycles. The van der Waals surface area contributed by atoms with Crippen molar-refractivity contribution in [2.75, 3.05) is 13.1 Å². The first-order chi connectivity index (χ1) is 11.9. The third-order valence-electron chi connectivity index (χ3n) is 4.47. The highest BCUT2D eigenvalue weighted by molar-refractivity contribution is 6.30. The van der Waals surface area contributed by atoms with Gasteiger partial charge in [0, 0.05) is 24.3 Å². The van der Waals surface area contributed by atoms with Crippen LogP contribution in [0.4, 0.5) is 0 Å². The minimum atomic E-state index is -0.842. The summed E-state index contributed by atoms with van der Waals surface area (Å²) in [5, 5.41) is 14.3. The number of hydrogen-bond acceptors (Lipinski definition) is 3. The fraction of sp³-hybridized carbons (Fsp3) is 0.389. The molecule has 1 fully saturated rings. The van der Waals surface area contributed by atoms with Crippen LogP contribution in [0.3, 0.4) is 0 Å². The van der Waals surface area contributed by atoms with Crippen LogP contribution in [0.25, 0.3) is 0 Å². The fourth-order valence-corrected chi connectivity index (χ4v) is 3.38. The highest BCUT2D eigenvalue weighted by Gasteiger charge is 2.29. The van der Waals surface area contributed by atoms with E-state index in [9.17, 15) is 14.7 Å². The van der Waals surface area contributed by atoms with Gasteiger partial charge in [-0.15, -0.1) is 0 Å². The first kappa shape index (κ1) is 17.5. The van der Waals surface area contributed by atoms with Crippen molar-refractivity contribution in [3.05, 3.63) is 52.3 Å². The summed E-state index contributed by atoms with van der Waals surface area (Å²) >= 11 is 6.00. The van der Waals surface area contributed by atoms with Crippen LogP contribution in [0.1, 0.15) is 34.5 Å². The number of halogens is 1. The summed E-state index contributed by atoms with van der Waals surface area (Å²) in [5.74, 6) is -1.48. The second kappa shape index (κ2) is 7.27. The van der Waals surface area contributed by atoms with Crippen LogP contribution < -0.4 is 0 Å². The molecule has 132 valence electrons. The Morgan fingerprint density at radius 2 is 2.20 bits per heavy atom. The van der Waals surface area contributed by atoms with Crippen molar-refractivity contribution in [3.8, 4) is 0 Å². The first-order valence-electron chi connectivity index (χ1n) is 8.24. The number of aromatic nitrogens is 2. The Morgan fingerprint density at radius 3 is 2.92 bits per heavy atom. The number of nitrogens with zero attached hydrogens (tertiary/aromatic N) is 3. The van der Waals surface area contributed by atoms with Gasteiger partial charge in [0.05, 0.1) is 23.7 Å². The first-order valence-corrected chi connectivity index (χ1v) is 8.62. The molecule has 0 spiro atoms. The van der Waals surface area contributed by atoms with Crippen LogP contribution in [-0.4, -0.2) is 44.8 Å². The maximum atomic E-state index is 12.8. The number of likely N-dealkylation sites (tertiary alicyclic amines) is 1. The number of carboxylic acids is 1. The summed E-state index contributed by atoms with van der Waals surface area (Å²) < 4.78 is 1.72. The zero-order valence-electron chi connectivity index (χ0n) is 14.0. The molecule has 0 saturated carbocycles. The van der Waals surface area contributed by atoms with E-state index >= 15 is 0 Å². The lowest BCUT2D eigenvalue weighted by Gasteiger charge is -2.30. The van der Waals surface area contributed by atoms with E-state index in [0.717, 1.165) is 5.56 Å². The lowest BCUT2D eigenvalue weighted by Crippen LogP contribution is -2.42. The average Bonchev–Trinajstić information content (AvgIpc) is 2.94. The fourth-order valence-electron chi connectivity index (χ4n) is 3.16. The quantitative estimate of drug-likeness (QED) is 0.908. The van der Waals surface area contributed by atoms with Gasteiger partial charge in [-0.3, -0.25) is 14.3 Å². The number of benzene rings is 1. The summed E-state index contributed by atoms with van der Waals surface area (Å²) in [5.41, 5.74) is 2.16. The average molecular weight is 362 g/mol. The van der Waals surface area contributed by atoms with Gasteiger partial charge >= 0.3 is 5.97 Å². The van der Waals surface area contributed by atoms with E-state index in [1.54, 1.807) is 22.7 Å². The monoisotopic (exact) mass is 361 g/mol. The van der Waals surface area contributed by atoms with E-state index in [0.29, 0.717) is 42.2 Å². The molecule has 0 bridgehead atoms. The Bertz CT molecular complexity index is 803. The molecular weight excluding hydrogens is 342 g/mol. The number of rotatable bonds is 4. The minimum absolute atomic E-state index is 0.152. The van der Waals surface area contributed by atoms with Crippen molar-refractivity contribution < 1.29 is 14.7 Å². The van der Waals surface area contributed by atoms with E-state index in [4.69, 9.17) is 11.6 Å². The predicted octanol–water partition coefficient (Wildman–Crippen LogP) is 2.83. The SMILES string of the molecule is Cc1nn(Cc2cccc(Cl)c2)cc1C(=O)N1CCC[C@H](C(=O)O)C1. The molecular formula is C18H20ClN3O3. The molecule has 1 amide bonds. The van der Waals surface area contributed by atoms with Gasteiger partial charge in [-0.25, -0.2) is 0 Å². The van der Waals surface area contributed by atoms with Gasteiger partial charge in [0.1, 0.15) is 0 Å². The molecule has 1 N–H and O–H groups in total. The number of carbonyl (C=O) groups excluding carboxylic acids is 1. The molecule has 2 heterocycles. The van der Waals surface area contributed by atoms with Crippen molar-refractivity contribution >= 4 is 23.5 Å². The summed E-state index contributed by atoms with van der Waals surface area (Å²) in [4.78, 5) is 25.6. The molecule has 7 heteroatoms. The second-order valence-electron chi connectivity index (χ2n) is 6.38. The van der Waals surface area contributed by atoms with E-state index in [1.165, 1.54) is 0 Å². The molecule has 25 heavy (non-hydrogen) atoms. The number of carboxylic acid groups (broad SMARTS) is 1. The summed E-state index contributed by atoms with van der Waals surface area (Å²) in [6.07, 6.45) is 3.05. The highest BCUT2D eigenvalue weighted by atomic mass is 35.5. The lowest BCUT2D eigenvalue weighted by atomic mass is 9.98. The van der Waals surface area contributed by atoms with Gasteiger partial charge in [0.2, 0.25) is 0 Å². The largest absolute Gasteiger partial charge is 0.481 e. The van der Waals surface area contributed by atoms with Crippen molar-refractivity contribution in [1.82, 2.24) is 14.7 Å². The Kier molecular flexibility index (Phi) is 5.08. The van der Waals surface area contributed by atoms with Crippen molar-refractivity contribution in [1.29, 1.82) is 0 Å². The third kappa shape index (κ3) is 4.02. The van der Waals surface area contributed by atoms with E-state index in [-0.39, 0.29) is 12.5 Å². The Labute approximate surface area is 151 Å². The van der Waals surface area contributed by atoms with Gasteiger partial charge in [-0.1, -0.05) is 23.7 Å². The van der Waals surface area contributed by atoms with Crippen molar-refractivity contribution in [3.63, 3.8) is 0 Å². The van der Waals surface area contributed by atoms with Crippen LogP contribution in [0.5, 0.6) is 0 Å². The van der Waals surface area contributed by atoms with E-state index in [2.05, 4.69) is 5.10 Å². The minimum Gasteiger partial charge on any atom is -0.481 e. The van der Waals surface area contributed by atoms with E-state index < -0.39 is 11.9 Å². The molecule has 1 aromatic carbocycles. The third-order valence-corrected chi connectivity index (χ3v) is 4.70. The molecule has 1 saturated heterocycles. The van der Waals surface area contributed by atoms with Gasteiger partial charge < -0.3 is 10.0 Å². The van der Waals surface area contributed by atoms with Crippen molar-refractivity contribution in [2.24, 2.45) is 5.92 Å². The standard InChI is InChI=1S/C18H20ClN3O3/c1-12-16(17(23)21-7-3-5-14(10-21)18(24)25)11-22(20-12)9-13-4-2-6-15(19)8-13/h2,4,6,8,11,14H,3,5,7,9-10H2,1H3,(H,24,25)/t14-/m0/s1. The van der Waals surface area contributed by atoms with Crippen molar-refractivity contribution in [2.45, 2.75) is 26.3 Å². The molecule has 2 aromatic rings. The summed E-state index contributed by atoms with van der Waals surface area (Å²) in [7, 11) is 0. The summed E-state index contributed by atoms with van der Waals surface area (Å²) in [6, 6.07) is 7.50. The molecule has 1 aliphatic heterocycles. The number of amides is 1. The molecule has 1 atom stereocenters. The Balaban J connectivity index is 1.75. The van der Waals surface area contributed by atoms with Crippen LogP contribution in [0.15, 0.2) is 30.5 Å². The predicted molar refractivity (Wildman–Crippen MR) is 93.8 cm³/mol. The molecule has 0 aliphatic carbocycles. The molecule has 6 nitrogen and oxygen atoms in total. The van der Waals surface area contributed by atoms with Crippen LogP contribution >= 0.6 is 11.6 Å².